The van der Waals surface area contributed by atoms with Crippen LogP contribution in [0, 0.1) is 0 Å². The van der Waals surface area contributed by atoms with Gasteiger partial charge in [0.2, 0.25) is 0 Å². The summed E-state index contributed by atoms with van der Waals surface area (Å²) in [7, 11) is 3.73. The molecule has 0 aliphatic carbocycles. The van der Waals surface area contributed by atoms with E-state index in [1.54, 1.807) is 7.11 Å². The predicted molar refractivity (Wildman–Crippen MR) is 81.8 cm³/mol. The number of benzene rings is 1. The van der Waals surface area contributed by atoms with E-state index in [9.17, 15) is 0 Å². The van der Waals surface area contributed by atoms with Crippen molar-refractivity contribution in [3.05, 3.63) is 29.8 Å². The van der Waals surface area contributed by atoms with Gasteiger partial charge in [0.1, 0.15) is 5.75 Å². The van der Waals surface area contributed by atoms with Gasteiger partial charge in [-0.1, -0.05) is 26.0 Å². The molecule has 3 heteroatoms. The lowest BCUT2D eigenvalue weighted by molar-refractivity contribution is 0.0944. The molecule has 1 aromatic carbocycles. The Labute approximate surface area is 118 Å². The number of nitrogens with one attached hydrogen (secondary N) is 1. The molecule has 1 rings (SSSR count). The second-order valence-electron chi connectivity index (χ2n) is 5.32. The number of nitrogens with zero attached hydrogens (tertiary/aromatic N) is 1. The zero-order chi connectivity index (χ0) is 14.5. The smallest absolute Gasteiger partial charge is 0.119 e. The number of ether oxygens (including phenoxy) is 1. The van der Waals surface area contributed by atoms with Crippen molar-refractivity contribution in [1.82, 2.24) is 10.2 Å². The van der Waals surface area contributed by atoms with Crippen molar-refractivity contribution >= 4 is 0 Å². The molecule has 108 valence electrons. The van der Waals surface area contributed by atoms with Gasteiger partial charge in [0.15, 0.2) is 0 Å². The Kier molecular flexibility index (Phi) is 5.83. The first kappa shape index (κ1) is 16.0. The Bertz CT molecular complexity index is 386. The van der Waals surface area contributed by atoms with Gasteiger partial charge in [0.05, 0.1) is 13.2 Å². The summed E-state index contributed by atoms with van der Waals surface area (Å²) in [5, 5.41) is 3.46. The van der Waals surface area contributed by atoms with Crippen LogP contribution in [0.1, 0.15) is 39.3 Å². The summed E-state index contributed by atoms with van der Waals surface area (Å²) in [6.07, 6.45) is 0. The molecular weight excluding hydrogens is 236 g/mol. The van der Waals surface area contributed by atoms with Crippen molar-refractivity contribution in [2.24, 2.45) is 0 Å². The first-order valence-electron chi connectivity index (χ1n) is 7.07. The second-order valence-corrected chi connectivity index (χ2v) is 5.32. The fraction of sp³-hybridized carbons (Fsp3) is 0.625. The van der Waals surface area contributed by atoms with Crippen LogP contribution in [-0.2, 0) is 0 Å². The fourth-order valence-corrected chi connectivity index (χ4v) is 2.97. The Balaban J connectivity index is 3.10. The summed E-state index contributed by atoms with van der Waals surface area (Å²) in [5.74, 6) is 0.910. The molecule has 0 heterocycles. The van der Waals surface area contributed by atoms with E-state index >= 15 is 0 Å². The van der Waals surface area contributed by atoms with Crippen molar-refractivity contribution in [3.63, 3.8) is 0 Å². The topological polar surface area (TPSA) is 24.5 Å². The molecule has 0 saturated carbocycles. The molecular formula is C16H28N2O. The van der Waals surface area contributed by atoms with E-state index in [4.69, 9.17) is 4.74 Å². The lowest BCUT2D eigenvalue weighted by Gasteiger charge is -2.43. The van der Waals surface area contributed by atoms with Gasteiger partial charge in [0, 0.05) is 5.54 Å². The third-order valence-corrected chi connectivity index (χ3v) is 4.00. The minimum atomic E-state index is 0.0462. The van der Waals surface area contributed by atoms with Gasteiger partial charge in [0.25, 0.3) is 0 Å². The molecule has 0 radical (unpaired) electrons. The van der Waals surface area contributed by atoms with Crippen LogP contribution in [0.3, 0.4) is 0 Å². The van der Waals surface area contributed by atoms with Crippen molar-refractivity contribution in [3.8, 4) is 5.75 Å². The molecule has 0 aliphatic rings. The summed E-state index contributed by atoms with van der Waals surface area (Å²) < 4.78 is 5.33. The summed E-state index contributed by atoms with van der Waals surface area (Å²) in [5.41, 5.74) is 1.31. The maximum Gasteiger partial charge on any atom is 0.119 e. The van der Waals surface area contributed by atoms with E-state index in [1.165, 1.54) is 5.56 Å². The first-order chi connectivity index (χ1) is 9.01. The lowest BCUT2D eigenvalue weighted by atomic mass is 9.86. The minimum absolute atomic E-state index is 0.0462. The number of hydrogen-bond acceptors (Lipinski definition) is 3. The molecule has 0 bridgehead atoms. The van der Waals surface area contributed by atoms with E-state index < -0.39 is 0 Å². The highest BCUT2D eigenvalue weighted by molar-refractivity contribution is 5.32. The fourth-order valence-electron chi connectivity index (χ4n) is 2.97. The second kappa shape index (κ2) is 6.92. The van der Waals surface area contributed by atoms with Crippen molar-refractivity contribution in [1.29, 1.82) is 0 Å². The van der Waals surface area contributed by atoms with Crippen LogP contribution < -0.4 is 10.1 Å². The van der Waals surface area contributed by atoms with Gasteiger partial charge < -0.3 is 10.1 Å². The third-order valence-electron chi connectivity index (χ3n) is 4.00. The lowest BCUT2D eigenvalue weighted by Crippen LogP contribution is -2.51. The van der Waals surface area contributed by atoms with Crippen LogP contribution in [0.25, 0.3) is 0 Å². The van der Waals surface area contributed by atoms with Gasteiger partial charge in [-0.3, -0.25) is 4.90 Å². The Hall–Kier alpha value is -1.06. The summed E-state index contributed by atoms with van der Waals surface area (Å²) in [4.78, 5) is 2.48. The molecule has 1 aromatic rings. The highest BCUT2D eigenvalue weighted by Gasteiger charge is 2.34. The zero-order valence-corrected chi connectivity index (χ0v) is 13.2. The molecule has 0 saturated heterocycles. The largest absolute Gasteiger partial charge is 0.497 e. The van der Waals surface area contributed by atoms with Crippen LogP contribution in [0.5, 0.6) is 5.75 Å². The van der Waals surface area contributed by atoms with Gasteiger partial charge in [-0.2, -0.15) is 0 Å². The molecule has 0 aliphatic heterocycles. The van der Waals surface area contributed by atoms with Crippen molar-refractivity contribution in [2.75, 3.05) is 27.2 Å². The van der Waals surface area contributed by atoms with Crippen molar-refractivity contribution in [2.45, 2.75) is 39.3 Å². The number of methoxy groups -OCH3 is 1. The molecule has 0 amide bonds. The van der Waals surface area contributed by atoms with Gasteiger partial charge >= 0.3 is 0 Å². The van der Waals surface area contributed by atoms with E-state index in [0.29, 0.717) is 0 Å². The first-order valence-corrected chi connectivity index (χ1v) is 7.07. The summed E-state index contributed by atoms with van der Waals surface area (Å²) in [6, 6.07) is 8.58. The maximum atomic E-state index is 5.33. The highest BCUT2D eigenvalue weighted by atomic mass is 16.5. The monoisotopic (exact) mass is 264 g/mol. The van der Waals surface area contributed by atoms with Crippen LogP contribution in [0.2, 0.25) is 0 Å². The molecule has 0 fully saturated rings. The molecule has 0 aromatic heterocycles. The molecule has 19 heavy (non-hydrogen) atoms. The number of rotatable bonds is 7. The van der Waals surface area contributed by atoms with E-state index in [0.717, 1.165) is 18.8 Å². The van der Waals surface area contributed by atoms with E-state index in [1.807, 2.05) is 13.1 Å². The number of hydrogen-bond donors (Lipinski definition) is 1. The maximum absolute atomic E-state index is 5.33. The van der Waals surface area contributed by atoms with Gasteiger partial charge in [-0.25, -0.2) is 0 Å². The molecule has 3 nitrogen and oxygen atoms in total. The van der Waals surface area contributed by atoms with Gasteiger partial charge in [-0.15, -0.1) is 0 Å². The minimum Gasteiger partial charge on any atom is -0.497 e. The SMILES string of the molecule is CCN(CC)C(C)(C)C(NC)c1cccc(OC)c1. The van der Waals surface area contributed by atoms with Crippen LogP contribution in [0.4, 0.5) is 0 Å². The molecule has 1 atom stereocenters. The van der Waals surface area contributed by atoms with Crippen LogP contribution in [-0.4, -0.2) is 37.7 Å². The average molecular weight is 264 g/mol. The molecule has 1 N–H and O–H groups in total. The highest BCUT2D eigenvalue weighted by Crippen LogP contribution is 2.32. The molecule has 0 spiro atoms. The Morgan fingerprint density at radius 2 is 1.89 bits per heavy atom. The van der Waals surface area contributed by atoms with Crippen LogP contribution >= 0.6 is 0 Å². The van der Waals surface area contributed by atoms with E-state index in [-0.39, 0.29) is 11.6 Å². The van der Waals surface area contributed by atoms with Crippen LogP contribution in [0.15, 0.2) is 24.3 Å². The quantitative estimate of drug-likeness (QED) is 0.819. The van der Waals surface area contributed by atoms with E-state index in [2.05, 4.69) is 56.1 Å². The normalized spacial score (nSPS) is 13.6. The molecule has 1 unspecified atom stereocenters. The Morgan fingerprint density at radius 1 is 1.26 bits per heavy atom. The summed E-state index contributed by atoms with van der Waals surface area (Å²) >= 11 is 0. The van der Waals surface area contributed by atoms with Gasteiger partial charge in [-0.05, 0) is 51.7 Å². The van der Waals surface area contributed by atoms with Crippen molar-refractivity contribution < 1.29 is 4.74 Å². The predicted octanol–water partition coefficient (Wildman–Crippen LogP) is 3.08. The average Bonchev–Trinajstić information content (AvgIpc) is 2.40. The standard InChI is InChI=1S/C16H28N2O/c1-7-18(8-2)16(3,4)15(17-5)13-10-9-11-14(12-13)19-6/h9-12,15,17H,7-8H2,1-6H3. The Morgan fingerprint density at radius 3 is 2.37 bits per heavy atom. The summed E-state index contributed by atoms with van der Waals surface area (Å²) in [6.45, 7) is 11.1. The zero-order valence-electron chi connectivity index (χ0n) is 13.2. The third kappa shape index (κ3) is 3.48. The number of likely N-dealkylation sites (N-methyl/N-ethyl adjacent to an activating group) is 2.